The monoisotopic (exact) mass is 1110 g/mol. The van der Waals surface area contributed by atoms with E-state index in [0.29, 0.717) is 19.3 Å². The van der Waals surface area contributed by atoms with E-state index in [0.717, 1.165) is 135 Å². The number of phosphoric ester groups is 1. The number of hydrogen-bond donors (Lipinski definition) is 2. The van der Waals surface area contributed by atoms with Gasteiger partial charge in [-0.2, -0.15) is 0 Å². The molecule has 3 atom stereocenters. The van der Waals surface area contributed by atoms with E-state index in [2.05, 4.69) is 106 Å². The zero-order chi connectivity index (χ0) is 56.9. The first-order valence-electron chi connectivity index (χ1n) is 31.5. The molecule has 0 radical (unpaired) electrons. The van der Waals surface area contributed by atoms with Gasteiger partial charge in [0.25, 0.3) is 0 Å². The van der Waals surface area contributed by atoms with Gasteiger partial charge in [0.2, 0.25) is 0 Å². The molecule has 78 heavy (non-hydrogen) atoms. The topological polar surface area (TPSA) is 155 Å². The molecule has 3 unspecified atom stereocenters. The maximum Gasteiger partial charge on any atom is 0.472 e. The van der Waals surface area contributed by atoms with Crippen molar-refractivity contribution in [2.24, 2.45) is 0 Å². The zero-order valence-electron chi connectivity index (χ0n) is 49.9. The number of allylic oxidation sites excluding steroid dienone is 14. The largest absolute Gasteiger partial charge is 0.472 e. The van der Waals surface area contributed by atoms with Gasteiger partial charge in [-0.1, -0.05) is 254 Å². The lowest BCUT2D eigenvalue weighted by Gasteiger charge is -2.21. The number of aliphatic hydroxyl groups is 1. The summed E-state index contributed by atoms with van der Waals surface area (Å²) in [5, 5.41) is 9.85. The average Bonchev–Trinajstić information content (AvgIpc) is 3.43. The summed E-state index contributed by atoms with van der Waals surface area (Å²) in [5.41, 5.74) is 0. The van der Waals surface area contributed by atoms with Gasteiger partial charge < -0.3 is 24.2 Å². The van der Waals surface area contributed by atoms with Gasteiger partial charge in [0, 0.05) is 19.3 Å². The van der Waals surface area contributed by atoms with E-state index < -0.39 is 57.8 Å². The van der Waals surface area contributed by atoms with Crippen LogP contribution in [0.3, 0.4) is 0 Å². The fourth-order valence-corrected chi connectivity index (χ4v) is 9.38. The SMILES string of the molecule is CC/C=C\C/C=C\C/C=C\C/C=C\CCCCCCCCC(=O)OC(COC(=O)CCCCCCCCCCCCCCCCC)COP(=O)(O)OCC(CO)OC(=O)CCCCCCCCC/C=C\C/C=C\C/C=C\CC. The number of ether oxygens (including phenoxy) is 3. The molecule has 450 valence electrons. The molecule has 0 aliphatic heterocycles. The van der Waals surface area contributed by atoms with E-state index in [-0.39, 0.29) is 25.9 Å². The Morgan fingerprint density at radius 1 is 0.372 bits per heavy atom. The fourth-order valence-electron chi connectivity index (χ4n) is 8.60. The molecule has 0 bridgehead atoms. The first-order valence-corrected chi connectivity index (χ1v) is 33.0. The summed E-state index contributed by atoms with van der Waals surface area (Å²) in [4.78, 5) is 48.7. The fraction of sp³-hybridized carbons (Fsp3) is 0.742. The molecule has 0 aromatic rings. The van der Waals surface area contributed by atoms with Crippen LogP contribution in [0.15, 0.2) is 85.1 Å². The van der Waals surface area contributed by atoms with Gasteiger partial charge in [-0.3, -0.25) is 23.4 Å². The van der Waals surface area contributed by atoms with Crippen LogP contribution in [-0.4, -0.2) is 66.5 Å². The molecule has 0 aliphatic carbocycles. The summed E-state index contributed by atoms with van der Waals surface area (Å²) in [5.74, 6) is -1.48. The van der Waals surface area contributed by atoms with Gasteiger partial charge in [-0.25, -0.2) is 4.57 Å². The molecule has 0 saturated carbocycles. The van der Waals surface area contributed by atoms with E-state index in [9.17, 15) is 28.9 Å². The Morgan fingerprint density at radius 2 is 0.667 bits per heavy atom. The normalized spacial score (nSPS) is 13.9. The number of rotatable bonds is 58. The maximum absolute atomic E-state index is 12.9. The molecule has 11 nitrogen and oxygen atoms in total. The van der Waals surface area contributed by atoms with Crippen LogP contribution in [0.4, 0.5) is 0 Å². The molecule has 0 fully saturated rings. The lowest BCUT2D eigenvalue weighted by Crippen LogP contribution is -2.30. The molecule has 0 aliphatic rings. The van der Waals surface area contributed by atoms with Crippen molar-refractivity contribution in [1.82, 2.24) is 0 Å². The number of esters is 3. The van der Waals surface area contributed by atoms with Crippen molar-refractivity contribution in [2.45, 2.75) is 290 Å². The Balaban J connectivity index is 4.72. The minimum atomic E-state index is -4.76. The Morgan fingerprint density at radius 3 is 1.03 bits per heavy atom. The predicted octanol–water partition coefficient (Wildman–Crippen LogP) is 19.0. The predicted molar refractivity (Wildman–Crippen MR) is 325 cm³/mol. The number of hydrogen-bond acceptors (Lipinski definition) is 10. The highest BCUT2D eigenvalue weighted by Crippen LogP contribution is 2.43. The van der Waals surface area contributed by atoms with Crippen molar-refractivity contribution in [2.75, 3.05) is 26.4 Å². The molecule has 0 amide bonds. The Hall–Kier alpha value is -3.34. The van der Waals surface area contributed by atoms with Crippen LogP contribution < -0.4 is 0 Å². The highest BCUT2D eigenvalue weighted by Gasteiger charge is 2.28. The van der Waals surface area contributed by atoms with E-state index in [1.807, 2.05) is 0 Å². The molecule has 0 spiro atoms. The molecular weight excluding hydrogens is 1000 g/mol. The van der Waals surface area contributed by atoms with Crippen molar-refractivity contribution in [3.8, 4) is 0 Å². The van der Waals surface area contributed by atoms with Crippen LogP contribution in [0.1, 0.15) is 278 Å². The van der Waals surface area contributed by atoms with E-state index in [4.69, 9.17) is 23.3 Å². The molecule has 12 heteroatoms. The van der Waals surface area contributed by atoms with Crippen molar-refractivity contribution in [3.63, 3.8) is 0 Å². The Bertz CT molecular complexity index is 1630. The molecule has 2 N–H and O–H groups in total. The van der Waals surface area contributed by atoms with Crippen LogP contribution in [-0.2, 0) is 42.2 Å². The third kappa shape index (κ3) is 57.3. The van der Waals surface area contributed by atoms with Gasteiger partial charge in [-0.15, -0.1) is 0 Å². The van der Waals surface area contributed by atoms with Crippen molar-refractivity contribution in [1.29, 1.82) is 0 Å². The van der Waals surface area contributed by atoms with Gasteiger partial charge in [0.05, 0.1) is 19.8 Å². The Labute approximate surface area is 477 Å². The van der Waals surface area contributed by atoms with Gasteiger partial charge in [0.15, 0.2) is 6.10 Å². The van der Waals surface area contributed by atoms with Gasteiger partial charge in [-0.05, 0) is 89.9 Å². The van der Waals surface area contributed by atoms with E-state index >= 15 is 0 Å². The zero-order valence-corrected chi connectivity index (χ0v) is 50.8. The van der Waals surface area contributed by atoms with Crippen LogP contribution in [0.25, 0.3) is 0 Å². The second kappa shape index (κ2) is 59.8. The molecule has 0 saturated heterocycles. The van der Waals surface area contributed by atoms with Crippen molar-refractivity contribution < 1.29 is 52.2 Å². The van der Waals surface area contributed by atoms with Crippen LogP contribution in [0, 0.1) is 0 Å². The second-order valence-electron chi connectivity index (χ2n) is 20.8. The quantitative estimate of drug-likeness (QED) is 0.0197. The molecule has 0 aromatic heterocycles. The highest BCUT2D eigenvalue weighted by molar-refractivity contribution is 7.47. The molecular formula is C66H115O11P. The highest BCUT2D eigenvalue weighted by atomic mass is 31.2. The average molecular weight is 1120 g/mol. The summed E-state index contributed by atoms with van der Waals surface area (Å²) in [6.45, 7) is 4.43. The number of aliphatic hydroxyl groups excluding tert-OH is 1. The summed E-state index contributed by atoms with van der Waals surface area (Å²) in [7, 11) is -4.76. The number of unbranched alkanes of at least 4 members (excludes halogenated alkanes) is 27. The van der Waals surface area contributed by atoms with Crippen molar-refractivity contribution in [3.05, 3.63) is 85.1 Å². The summed E-state index contributed by atoms with van der Waals surface area (Å²) >= 11 is 0. The third-order valence-corrected chi connectivity index (χ3v) is 14.3. The lowest BCUT2D eigenvalue weighted by molar-refractivity contribution is -0.161. The third-order valence-electron chi connectivity index (χ3n) is 13.3. The first-order chi connectivity index (χ1) is 38.2. The maximum atomic E-state index is 12.9. The van der Waals surface area contributed by atoms with Crippen LogP contribution >= 0.6 is 7.82 Å². The number of carbonyl (C=O) groups is 3. The number of carbonyl (C=O) groups excluding carboxylic acids is 3. The molecule has 0 aromatic carbocycles. The number of phosphoric acid groups is 1. The smallest absolute Gasteiger partial charge is 0.462 e. The van der Waals surface area contributed by atoms with Crippen molar-refractivity contribution >= 4 is 25.7 Å². The second-order valence-corrected chi connectivity index (χ2v) is 22.3. The first kappa shape index (κ1) is 74.7. The van der Waals surface area contributed by atoms with Crippen LogP contribution in [0.2, 0.25) is 0 Å². The summed E-state index contributed by atoms with van der Waals surface area (Å²) in [6.07, 6.45) is 69.6. The van der Waals surface area contributed by atoms with Gasteiger partial charge >= 0.3 is 25.7 Å². The summed E-state index contributed by atoms with van der Waals surface area (Å²) in [6, 6.07) is 0. The Kier molecular flexibility index (Phi) is 57.2. The lowest BCUT2D eigenvalue weighted by atomic mass is 10.0. The van der Waals surface area contributed by atoms with E-state index in [1.54, 1.807) is 0 Å². The van der Waals surface area contributed by atoms with Gasteiger partial charge in [0.1, 0.15) is 12.7 Å². The molecule has 0 heterocycles. The minimum Gasteiger partial charge on any atom is -0.462 e. The minimum absolute atomic E-state index is 0.150. The molecule has 0 rings (SSSR count). The standard InChI is InChI=1S/C66H115O11P/c1-4-7-10-13-16-19-22-25-28-30-31-33-36-39-42-45-48-51-54-57-66(70)77-63(59-73-64(68)55-52-49-46-43-40-37-34-27-24-21-18-15-12-9-6-3)61-75-78(71,72)74-60-62(58-67)76-65(69)56-53-50-47-44-41-38-35-32-29-26-23-20-17-14-11-8-5-2/h7-8,10-11,16-17,19-20,25-26,28-29,31,33,62-63,67H,4-6,9,12-15,18,21-24,27,30,32,34-61H2,1-3H3,(H,71,72)/b10-7-,11-8-,19-16-,20-17-,28-25-,29-26-,33-31-. The van der Waals surface area contributed by atoms with E-state index in [1.165, 1.54) is 83.5 Å². The van der Waals surface area contributed by atoms with Crippen LogP contribution in [0.5, 0.6) is 0 Å². The summed E-state index contributed by atoms with van der Waals surface area (Å²) < 4.78 is 39.7.